The van der Waals surface area contributed by atoms with Crippen LogP contribution in [0.15, 0.2) is 268 Å². The average Bonchev–Trinajstić information content (AvgIpc) is 1.52. The SMILES string of the molecule is CC1(C)c2cc(-c3ccc(B4OC(C)(C)C(C)(C)O4)o3)ccc2-c2cc3c(cc21)-c1c(ccc2ccccc12)C3(C)C.Cc1cc2c(c3ccccc13)-c1ccc(-c3ccc(-c4ccc5c(c4)C(C)(C)c4cc6c(cc4-5)C(C)(C)c4ccc5ccccc5c4-6)o3)cc1C2(C)C.Cc1cc2c(c3ccccc13)-c1ccc(Br)cc1C2(C)C. The van der Waals surface area contributed by atoms with Crippen molar-refractivity contribution in [2.45, 2.75) is 168 Å². The van der Waals surface area contributed by atoms with Crippen LogP contribution in [0.5, 0.6) is 0 Å². The second kappa shape index (κ2) is 24.6. The normalized spacial score (nSPS) is 17.4. The van der Waals surface area contributed by atoms with Gasteiger partial charge in [0, 0.05) is 53.7 Å². The summed E-state index contributed by atoms with van der Waals surface area (Å²) in [5, 5.41) is 10.7. The van der Waals surface area contributed by atoms with E-state index in [1.807, 2.05) is 12.1 Å². The first-order valence-corrected chi connectivity index (χ1v) is 42.3. The zero-order valence-electron chi connectivity index (χ0n) is 69.8. The highest BCUT2D eigenvalue weighted by Gasteiger charge is 2.54. The molecule has 14 aromatic carbocycles. The third-order valence-corrected chi connectivity index (χ3v) is 29.5. The molecule has 1 fully saturated rings. The molecule has 6 heteroatoms. The van der Waals surface area contributed by atoms with E-state index in [1.165, 1.54) is 188 Å². The Morgan fingerprint density at radius 2 is 0.560 bits per heavy atom. The highest BCUT2D eigenvalue weighted by Crippen LogP contribution is 2.62. The number of hydrogen-bond donors (Lipinski definition) is 0. The molecular formula is C110H96BBrO4. The Morgan fingerprint density at radius 1 is 0.241 bits per heavy atom. The molecule has 0 unspecified atom stereocenters. The van der Waals surface area contributed by atoms with Gasteiger partial charge in [0.05, 0.1) is 11.2 Å². The fourth-order valence-electron chi connectivity index (χ4n) is 21.7. The largest absolute Gasteiger partial charge is 0.532 e. The van der Waals surface area contributed by atoms with Crippen LogP contribution in [-0.4, -0.2) is 18.3 Å². The van der Waals surface area contributed by atoms with E-state index in [9.17, 15) is 0 Å². The molecule has 7 aliphatic rings. The van der Waals surface area contributed by atoms with Crippen molar-refractivity contribution < 1.29 is 18.1 Å². The summed E-state index contributed by atoms with van der Waals surface area (Å²) in [6, 6.07) is 95.0. The summed E-state index contributed by atoms with van der Waals surface area (Å²) in [5.74, 6) is 2.64. The third kappa shape index (κ3) is 10.2. The first-order valence-electron chi connectivity index (χ1n) is 41.5. The maximum Gasteiger partial charge on any atom is 0.532 e. The number of benzene rings is 14. The van der Waals surface area contributed by atoms with Crippen LogP contribution < -0.4 is 5.66 Å². The van der Waals surface area contributed by atoms with Crippen molar-refractivity contribution in [2.24, 2.45) is 0 Å². The predicted octanol–water partition coefficient (Wildman–Crippen LogP) is 29.4. The van der Waals surface area contributed by atoms with E-state index < -0.39 is 18.3 Å². The fourth-order valence-corrected chi connectivity index (χ4v) is 22.0. The Bertz CT molecular complexity index is 7000. The summed E-state index contributed by atoms with van der Waals surface area (Å²) >= 11 is 3.63. The Kier molecular flexibility index (Phi) is 15.5. The van der Waals surface area contributed by atoms with Gasteiger partial charge in [0.25, 0.3) is 0 Å². The van der Waals surface area contributed by atoms with E-state index in [0.717, 1.165) is 38.4 Å². The van der Waals surface area contributed by atoms with Crippen molar-refractivity contribution in [2.75, 3.05) is 0 Å². The lowest BCUT2D eigenvalue weighted by atomic mass is 9.79. The zero-order chi connectivity index (χ0) is 80.4. The first-order chi connectivity index (χ1) is 55.2. The fraction of sp³-hybridized carbons (Fsp3) is 0.236. The van der Waals surface area contributed by atoms with Crippen molar-refractivity contribution in [3.8, 4) is 101 Å². The van der Waals surface area contributed by atoms with Gasteiger partial charge in [-0.2, -0.15) is 0 Å². The number of rotatable bonds is 4. The highest BCUT2D eigenvalue weighted by molar-refractivity contribution is 9.10. The van der Waals surface area contributed by atoms with Crippen LogP contribution in [-0.2, 0) is 41.8 Å². The summed E-state index contributed by atoms with van der Waals surface area (Å²) in [7, 11) is -0.511. The van der Waals surface area contributed by atoms with E-state index in [1.54, 1.807) is 0 Å². The molecule has 570 valence electrons. The standard InChI is InChI=1S/C52H42O.C38H37BO3.C20H17Br/c1-29-24-45-49(36-15-11-10-13-33(29)36)37-20-17-32(26-42(37)52(45,6)7)47-23-22-46(53-47)31-16-19-35-38-27-44-39(28-43(38)51(4,5)41(35)25-31)48-34-14-9-8-12-30(34)18-21-40(48)50(44,2)3;1-35(2)28-16-14-22-11-9-10-12-24(22)34(28)27-21-30-26(20-31(27)35)25-15-13-23(19-29(25)36(30,3)4)32-17-18-33(40-32)39-41-37(5,6)38(7,8)42-39;1-12-10-18-19(15-7-5-4-6-14(12)15)16-9-8-13(21)11-17(16)20(18,2)3/h8-28H,1-7H3;9-21H,1-8H3;4-11H,1-3H3. The van der Waals surface area contributed by atoms with Gasteiger partial charge in [0.2, 0.25) is 0 Å². The quantitative estimate of drug-likeness (QED) is 0.165. The summed E-state index contributed by atoms with van der Waals surface area (Å²) in [5.41, 5.74) is 38.7. The van der Waals surface area contributed by atoms with E-state index in [4.69, 9.17) is 18.1 Å². The highest BCUT2D eigenvalue weighted by atomic mass is 79.9. The van der Waals surface area contributed by atoms with E-state index >= 15 is 0 Å². The van der Waals surface area contributed by atoms with Gasteiger partial charge in [-0.25, -0.2) is 0 Å². The van der Waals surface area contributed by atoms with Crippen molar-refractivity contribution in [3.05, 3.63) is 337 Å². The van der Waals surface area contributed by atoms with Crippen molar-refractivity contribution in [3.63, 3.8) is 0 Å². The Balaban J connectivity index is 0.000000118. The molecule has 0 atom stereocenters. The maximum absolute atomic E-state index is 6.73. The van der Waals surface area contributed by atoms with Crippen LogP contribution >= 0.6 is 15.9 Å². The van der Waals surface area contributed by atoms with Crippen LogP contribution in [0.4, 0.5) is 0 Å². The lowest BCUT2D eigenvalue weighted by Crippen LogP contribution is -2.41. The van der Waals surface area contributed by atoms with Gasteiger partial charge in [0.1, 0.15) is 22.9 Å². The number of fused-ring (bicyclic) bond motifs is 26. The number of furan rings is 2. The smallest absolute Gasteiger partial charge is 0.465 e. The molecule has 1 aliphatic heterocycles. The van der Waals surface area contributed by atoms with Crippen molar-refractivity contribution in [1.82, 2.24) is 0 Å². The molecule has 0 bridgehead atoms. The Hall–Kier alpha value is -10.9. The Morgan fingerprint density at radius 3 is 1.01 bits per heavy atom. The van der Waals surface area contributed by atoms with Crippen LogP contribution in [0.2, 0.25) is 0 Å². The lowest BCUT2D eigenvalue weighted by Gasteiger charge is -2.32. The number of aryl methyl sites for hydroxylation is 2. The molecule has 3 heterocycles. The van der Waals surface area contributed by atoms with Gasteiger partial charge in [-0.05, 0) is 308 Å². The molecule has 116 heavy (non-hydrogen) atoms. The molecule has 0 N–H and O–H groups in total. The van der Waals surface area contributed by atoms with Gasteiger partial charge in [-0.15, -0.1) is 0 Å². The van der Waals surface area contributed by atoms with Gasteiger partial charge in [0.15, 0.2) is 0 Å². The second-order valence-electron chi connectivity index (χ2n) is 38.3. The molecule has 2 aromatic heterocycles. The van der Waals surface area contributed by atoms with Crippen LogP contribution in [0.3, 0.4) is 0 Å². The molecular weight excluding hydrogens is 1480 g/mol. The Labute approximate surface area is 691 Å². The van der Waals surface area contributed by atoms with Crippen LogP contribution in [0, 0.1) is 13.8 Å². The van der Waals surface area contributed by atoms with Crippen LogP contribution in [0.1, 0.15) is 189 Å². The van der Waals surface area contributed by atoms with Crippen molar-refractivity contribution in [1.29, 1.82) is 0 Å². The molecule has 4 nitrogen and oxygen atoms in total. The summed E-state index contributed by atoms with van der Waals surface area (Å²) < 4.78 is 26.7. The summed E-state index contributed by atoms with van der Waals surface area (Å²) in [6.45, 7) is 41.1. The maximum atomic E-state index is 6.73. The molecule has 23 rings (SSSR count). The van der Waals surface area contributed by atoms with Gasteiger partial charge in [-0.3, -0.25) is 0 Å². The molecule has 6 aliphatic carbocycles. The van der Waals surface area contributed by atoms with Gasteiger partial charge >= 0.3 is 7.12 Å². The summed E-state index contributed by atoms with van der Waals surface area (Å²) in [4.78, 5) is 0. The monoisotopic (exact) mass is 1570 g/mol. The average molecular weight is 1570 g/mol. The number of hydrogen-bond acceptors (Lipinski definition) is 4. The van der Waals surface area contributed by atoms with Gasteiger partial charge in [-0.1, -0.05) is 275 Å². The lowest BCUT2D eigenvalue weighted by molar-refractivity contribution is 0.00578. The minimum Gasteiger partial charge on any atom is -0.465 e. The molecule has 0 saturated carbocycles. The van der Waals surface area contributed by atoms with E-state index in [2.05, 4.69) is 383 Å². The van der Waals surface area contributed by atoms with E-state index in [0.29, 0.717) is 5.66 Å². The minimum atomic E-state index is -0.511. The van der Waals surface area contributed by atoms with Gasteiger partial charge < -0.3 is 18.1 Å². The number of halogens is 1. The van der Waals surface area contributed by atoms with Crippen molar-refractivity contribution >= 4 is 71.8 Å². The molecule has 0 radical (unpaired) electrons. The predicted molar refractivity (Wildman–Crippen MR) is 488 cm³/mol. The van der Waals surface area contributed by atoms with E-state index in [-0.39, 0.29) is 32.5 Å². The molecule has 0 amide bonds. The third-order valence-electron chi connectivity index (χ3n) is 29.0. The topological polar surface area (TPSA) is 44.7 Å². The van der Waals surface area contributed by atoms with Crippen LogP contribution in [0.25, 0.3) is 144 Å². The summed E-state index contributed by atoms with van der Waals surface area (Å²) in [6.07, 6.45) is 0. The molecule has 0 spiro atoms. The minimum absolute atomic E-state index is 0.0588. The molecule has 16 aromatic rings. The molecule has 1 saturated heterocycles. The zero-order valence-corrected chi connectivity index (χ0v) is 71.4. The first kappa shape index (κ1) is 72.8. The second-order valence-corrected chi connectivity index (χ2v) is 39.2.